The maximum absolute atomic E-state index is 10.7. The number of nitrogens with one attached hydrogen (secondary N) is 2. The predicted octanol–water partition coefficient (Wildman–Crippen LogP) is 3.05. The number of benzene rings is 1. The minimum Gasteiger partial charge on any atom is -0.465 e. The molecule has 1 aromatic carbocycles. The van der Waals surface area contributed by atoms with Gasteiger partial charge in [-0.25, -0.2) is 9.78 Å². The molecule has 2 rings (SSSR count). The Labute approximate surface area is 147 Å². The number of aryl methyl sites for hydroxylation is 1. The summed E-state index contributed by atoms with van der Waals surface area (Å²) < 4.78 is 0. The molecule has 0 bridgehead atoms. The van der Waals surface area contributed by atoms with Crippen LogP contribution < -0.4 is 16.4 Å². The summed E-state index contributed by atoms with van der Waals surface area (Å²) in [4.78, 5) is 19.2. The summed E-state index contributed by atoms with van der Waals surface area (Å²) in [6, 6.07) is 7.91. The molecule has 0 aliphatic heterocycles. The van der Waals surface area contributed by atoms with Crippen LogP contribution in [-0.2, 0) is 0 Å². The van der Waals surface area contributed by atoms with Crippen molar-refractivity contribution < 1.29 is 9.90 Å². The van der Waals surface area contributed by atoms with Crippen molar-refractivity contribution in [2.24, 2.45) is 5.41 Å². The minimum absolute atomic E-state index is 0.197. The van der Waals surface area contributed by atoms with Crippen molar-refractivity contribution >= 4 is 17.9 Å². The summed E-state index contributed by atoms with van der Waals surface area (Å²) in [7, 11) is 0. The largest absolute Gasteiger partial charge is 0.465 e. The van der Waals surface area contributed by atoms with Gasteiger partial charge in [-0.2, -0.15) is 4.98 Å². The van der Waals surface area contributed by atoms with Gasteiger partial charge >= 0.3 is 6.09 Å². The summed E-state index contributed by atoms with van der Waals surface area (Å²) in [5, 5.41) is 14.4. The molecule has 1 amide bonds. The molecule has 7 heteroatoms. The first-order chi connectivity index (χ1) is 11.7. The number of rotatable bonds is 6. The molecule has 0 fully saturated rings. The quantitative estimate of drug-likeness (QED) is 0.641. The molecule has 2 aromatic rings. The summed E-state index contributed by atoms with van der Waals surface area (Å²) in [6.45, 7) is 8.91. The zero-order valence-electron chi connectivity index (χ0n) is 15.1. The first-order valence-electron chi connectivity index (χ1n) is 8.10. The Kier molecular flexibility index (Phi) is 5.46. The third kappa shape index (κ3) is 5.07. The molecule has 7 nitrogen and oxygen atoms in total. The van der Waals surface area contributed by atoms with Crippen LogP contribution in [0, 0.1) is 19.3 Å². The van der Waals surface area contributed by atoms with E-state index in [1.165, 1.54) is 5.56 Å². The van der Waals surface area contributed by atoms with Gasteiger partial charge in [0.25, 0.3) is 0 Å². The average Bonchev–Trinajstić information content (AvgIpc) is 2.53. The normalized spacial score (nSPS) is 11.2. The van der Waals surface area contributed by atoms with Gasteiger partial charge in [0.05, 0.1) is 5.69 Å². The highest BCUT2D eigenvalue weighted by molar-refractivity contribution is 5.68. The van der Waals surface area contributed by atoms with Crippen LogP contribution in [-0.4, -0.2) is 34.3 Å². The highest BCUT2D eigenvalue weighted by atomic mass is 16.4. The molecule has 0 spiro atoms. The highest BCUT2D eigenvalue weighted by Gasteiger charge is 2.19. The Morgan fingerprint density at radius 3 is 2.64 bits per heavy atom. The van der Waals surface area contributed by atoms with Gasteiger partial charge in [0, 0.05) is 24.7 Å². The molecule has 5 N–H and O–H groups in total. The Morgan fingerprint density at radius 1 is 1.24 bits per heavy atom. The van der Waals surface area contributed by atoms with Gasteiger partial charge in [-0.05, 0) is 30.4 Å². The van der Waals surface area contributed by atoms with Crippen molar-refractivity contribution in [1.29, 1.82) is 0 Å². The summed E-state index contributed by atoms with van der Waals surface area (Å²) in [5.74, 6) is 0.814. The third-order valence-corrected chi connectivity index (χ3v) is 4.09. The van der Waals surface area contributed by atoms with Crippen LogP contribution in [0.25, 0.3) is 11.3 Å². The Bertz CT molecular complexity index is 774. The molecule has 134 valence electrons. The molecule has 0 saturated carbocycles. The summed E-state index contributed by atoms with van der Waals surface area (Å²) in [5.41, 5.74) is 9.71. The van der Waals surface area contributed by atoms with E-state index in [0.29, 0.717) is 18.9 Å². The van der Waals surface area contributed by atoms with E-state index in [2.05, 4.69) is 40.5 Å². The SMILES string of the molecule is Cc1cccc(-c2cc(NCC(C)(C)CNC(=O)O)nc(N)n2)c1C. The summed E-state index contributed by atoms with van der Waals surface area (Å²) in [6.07, 6.45) is -1.03. The topological polar surface area (TPSA) is 113 Å². The molecular formula is C18H25N5O2. The summed E-state index contributed by atoms with van der Waals surface area (Å²) >= 11 is 0. The maximum atomic E-state index is 10.7. The highest BCUT2D eigenvalue weighted by Crippen LogP contribution is 2.26. The van der Waals surface area contributed by atoms with Gasteiger partial charge < -0.3 is 21.5 Å². The lowest BCUT2D eigenvalue weighted by molar-refractivity contribution is 0.189. The number of hydrogen-bond acceptors (Lipinski definition) is 5. The fourth-order valence-corrected chi connectivity index (χ4v) is 2.43. The number of aromatic nitrogens is 2. The van der Waals surface area contributed by atoms with E-state index in [-0.39, 0.29) is 11.4 Å². The van der Waals surface area contributed by atoms with Crippen molar-refractivity contribution in [3.05, 3.63) is 35.4 Å². The molecule has 25 heavy (non-hydrogen) atoms. The Balaban J connectivity index is 2.19. The molecule has 1 aromatic heterocycles. The molecule has 0 unspecified atom stereocenters. The second kappa shape index (κ2) is 7.38. The predicted molar refractivity (Wildman–Crippen MR) is 99.7 cm³/mol. The Morgan fingerprint density at radius 2 is 1.96 bits per heavy atom. The van der Waals surface area contributed by atoms with Crippen molar-refractivity contribution in [2.45, 2.75) is 27.7 Å². The minimum atomic E-state index is -1.03. The average molecular weight is 343 g/mol. The molecule has 0 aliphatic carbocycles. The van der Waals surface area contributed by atoms with Gasteiger partial charge in [0.15, 0.2) is 0 Å². The van der Waals surface area contributed by atoms with E-state index in [9.17, 15) is 4.79 Å². The molecular weight excluding hydrogens is 318 g/mol. The smallest absolute Gasteiger partial charge is 0.404 e. The van der Waals surface area contributed by atoms with E-state index >= 15 is 0 Å². The van der Waals surface area contributed by atoms with Crippen LogP contribution in [0.3, 0.4) is 0 Å². The number of nitrogens with two attached hydrogens (primary N) is 1. The monoisotopic (exact) mass is 343 g/mol. The Hall–Kier alpha value is -2.83. The molecule has 0 radical (unpaired) electrons. The molecule has 0 saturated heterocycles. The van der Waals surface area contributed by atoms with Crippen LogP contribution in [0.15, 0.2) is 24.3 Å². The molecule has 0 aliphatic rings. The van der Waals surface area contributed by atoms with Gasteiger partial charge in [-0.3, -0.25) is 0 Å². The van der Waals surface area contributed by atoms with E-state index in [4.69, 9.17) is 10.8 Å². The number of amides is 1. The van der Waals surface area contributed by atoms with E-state index < -0.39 is 6.09 Å². The van der Waals surface area contributed by atoms with E-state index in [1.54, 1.807) is 0 Å². The molecule has 0 atom stereocenters. The van der Waals surface area contributed by atoms with Crippen molar-refractivity contribution in [1.82, 2.24) is 15.3 Å². The van der Waals surface area contributed by atoms with Gasteiger partial charge in [-0.15, -0.1) is 0 Å². The van der Waals surface area contributed by atoms with Crippen molar-refractivity contribution in [2.75, 3.05) is 24.1 Å². The number of nitrogens with zero attached hydrogens (tertiary/aromatic N) is 2. The first-order valence-corrected chi connectivity index (χ1v) is 8.10. The van der Waals surface area contributed by atoms with E-state index in [1.807, 2.05) is 32.0 Å². The number of hydrogen-bond donors (Lipinski definition) is 4. The number of anilines is 2. The van der Waals surface area contributed by atoms with Gasteiger partial charge in [0.1, 0.15) is 5.82 Å². The number of carbonyl (C=O) groups is 1. The van der Waals surface area contributed by atoms with E-state index in [0.717, 1.165) is 16.8 Å². The lowest BCUT2D eigenvalue weighted by Crippen LogP contribution is -2.37. The van der Waals surface area contributed by atoms with Crippen LogP contribution >= 0.6 is 0 Å². The second-order valence-electron chi connectivity index (χ2n) is 6.92. The third-order valence-electron chi connectivity index (χ3n) is 4.09. The lowest BCUT2D eigenvalue weighted by atomic mass is 9.93. The van der Waals surface area contributed by atoms with Crippen LogP contribution in [0.5, 0.6) is 0 Å². The number of nitrogen functional groups attached to an aromatic ring is 1. The zero-order chi connectivity index (χ0) is 18.6. The van der Waals surface area contributed by atoms with Crippen molar-refractivity contribution in [3.8, 4) is 11.3 Å². The standard InChI is InChI=1S/C18H25N5O2/c1-11-6-5-7-13(12(11)2)14-8-15(23-16(19)22-14)20-9-18(3,4)10-21-17(24)25/h5-8,21H,9-10H2,1-4H3,(H,24,25)(H3,19,20,22,23). The second-order valence-corrected chi connectivity index (χ2v) is 6.92. The zero-order valence-corrected chi connectivity index (χ0v) is 15.1. The van der Waals surface area contributed by atoms with Crippen LogP contribution in [0.2, 0.25) is 0 Å². The fourth-order valence-electron chi connectivity index (χ4n) is 2.43. The fraction of sp³-hybridized carbons (Fsp3) is 0.389. The maximum Gasteiger partial charge on any atom is 0.404 e. The number of carboxylic acid groups (broad SMARTS) is 1. The first kappa shape index (κ1) is 18.5. The van der Waals surface area contributed by atoms with Crippen LogP contribution in [0.1, 0.15) is 25.0 Å². The lowest BCUT2D eigenvalue weighted by Gasteiger charge is -2.25. The van der Waals surface area contributed by atoms with Crippen molar-refractivity contribution in [3.63, 3.8) is 0 Å². The van der Waals surface area contributed by atoms with Gasteiger partial charge in [-0.1, -0.05) is 32.0 Å². The molecule has 1 heterocycles. The van der Waals surface area contributed by atoms with Crippen LogP contribution in [0.4, 0.5) is 16.6 Å². The van der Waals surface area contributed by atoms with Gasteiger partial charge in [0.2, 0.25) is 5.95 Å².